The van der Waals surface area contributed by atoms with Gasteiger partial charge in [0.2, 0.25) is 5.91 Å². The van der Waals surface area contributed by atoms with E-state index in [1.807, 2.05) is 10.6 Å². The van der Waals surface area contributed by atoms with E-state index in [4.69, 9.17) is 4.42 Å². The van der Waals surface area contributed by atoms with Gasteiger partial charge in [-0.05, 0) is 30.2 Å². The summed E-state index contributed by atoms with van der Waals surface area (Å²) in [6.07, 6.45) is 1.58. The van der Waals surface area contributed by atoms with Gasteiger partial charge in [0.25, 0.3) is 0 Å². The molecule has 0 atom stereocenters. The molecule has 0 fully saturated rings. The molecule has 0 bridgehead atoms. The number of nitrogens with zero attached hydrogens (tertiary/aromatic N) is 4. The van der Waals surface area contributed by atoms with Gasteiger partial charge in [-0.25, -0.2) is 4.39 Å². The molecule has 3 aromatic rings. The molecule has 0 saturated carbocycles. The number of thioether (sulfide) groups is 1. The lowest BCUT2D eigenvalue weighted by atomic mass is 10.2. The highest BCUT2D eigenvalue weighted by Crippen LogP contribution is 2.27. The minimum absolute atomic E-state index is 0.0482. The number of halogens is 1. The van der Waals surface area contributed by atoms with Gasteiger partial charge >= 0.3 is 0 Å². The van der Waals surface area contributed by atoms with E-state index >= 15 is 0 Å². The third-order valence-corrected chi connectivity index (χ3v) is 5.05. The van der Waals surface area contributed by atoms with Crippen molar-refractivity contribution in [3.63, 3.8) is 0 Å². The summed E-state index contributed by atoms with van der Waals surface area (Å²) in [4.78, 5) is 14.1. The molecular weight excluding hydrogens is 379 g/mol. The zero-order valence-electron chi connectivity index (χ0n) is 16.1. The molecule has 0 aliphatic heterocycles. The van der Waals surface area contributed by atoms with E-state index < -0.39 is 0 Å². The van der Waals surface area contributed by atoms with Gasteiger partial charge < -0.3 is 13.9 Å². The fraction of sp³-hybridized carbons (Fsp3) is 0.350. The number of carbonyl (C=O) groups excluding carboxylic acids is 1. The second kappa shape index (κ2) is 9.05. The second-order valence-corrected chi connectivity index (χ2v) is 7.85. The molecule has 0 aliphatic rings. The Morgan fingerprint density at radius 3 is 2.71 bits per heavy atom. The van der Waals surface area contributed by atoms with Crippen molar-refractivity contribution in [2.45, 2.75) is 32.1 Å². The predicted octanol–water partition coefficient (Wildman–Crippen LogP) is 4.08. The van der Waals surface area contributed by atoms with Crippen LogP contribution in [0.1, 0.15) is 19.6 Å². The first-order valence-corrected chi connectivity index (χ1v) is 10.0. The molecule has 0 N–H and O–H groups in total. The minimum Gasteiger partial charge on any atom is -0.467 e. The van der Waals surface area contributed by atoms with Crippen molar-refractivity contribution >= 4 is 17.7 Å². The second-order valence-electron chi connectivity index (χ2n) is 6.91. The first kappa shape index (κ1) is 20.1. The largest absolute Gasteiger partial charge is 0.467 e. The molecule has 0 saturated heterocycles. The van der Waals surface area contributed by atoms with Gasteiger partial charge in [0.05, 0.1) is 24.1 Å². The Morgan fingerprint density at radius 2 is 2.04 bits per heavy atom. The third-order valence-electron chi connectivity index (χ3n) is 4.10. The summed E-state index contributed by atoms with van der Waals surface area (Å²) in [6, 6.07) is 10.1. The smallest absolute Gasteiger partial charge is 0.233 e. The van der Waals surface area contributed by atoms with Crippen molar-refractivity contribution < 1.29 is 13.6 Å². The van der Waals surface area contributed by atoms with Crippen molar-refractivity contribution in [3.05, 3.63) is 54.2 Å². The summed E-state index contributed by atoms with van der Waals surface area (Å²) < 4.78 is 21.4. The van der Waals surface area contributed by atoms with Crippen LogP contribution in [0.25, 0.3) is 11.4 Å². The molecule has 2 aromatic heterocycles. The van der Waals surface area contributed by atoms with Crippen molar-refractivity contribution in [1.29, 1.82) is 0 Å². The predicted molar refractivity (Wildman–Crippen MR) is 106 cm³/mol. The van der Waals surface area contributed by atoms with Gasteiger partial charge in [0.1, 0.15) is 11.6 Å². The maximum atomic E-state index is 14.2. The lowest BCUT2D eigenvalue weighted by Gasteiger charge is -2.16. The SMILES string of the molecule is CC(C)Cn1c(SCC(=O)N(C)Cc2ccco2)nnc1-c1ccccc1F. The summed E-state index contributed by atoms with van der Waals surface area (Å²) in [5.41, 5.74) is 0.406. The van der Waals surface area contributed by atoms with Gasteiger partial charge in [-0.3, -0.25) is 4.79 Å². The summed E-state index contributed by atoms with van der Waals surface area (Å²) >= 11 is 1.30. The number of hydrogen-bond acceptors (Lipinski definition) is 5. The van der Waals surface area contributed by atoms with E-state index in [0.29, 0.717) is 35.6 Å². The fourth-order valence-corrected chi connectivity index (χ4v) is 3.62. The van der Waals surface area contributed by atoms with Gasteiger partial charge in [0.15, 0.2) is 11.0 Å². The Labute approximate surface area is 167 Å². The van der Waals surface area contributed by atoms with Crippen LogP contribution in [0, 0.1) is 11.7 Å². The Hall–Kier alpha value is -2.61. The topological polar surface area (TPSA) is 64.2 Å². The molecule has 6 nitrogen and oxygen atoms in total. The lowest BCUT2D eigenvalue weighted by Crippen LogP contribution is -2.27. The molecule has 8 heteroatoms. The van der Waals surface area contributed by atoms with Crippen LogP contribution in [0.5, 0.6) is 0 Å². The summed E-state index contributed by atoms with van der Waals surface area (Å²) in [5.74, 6) is 1.35. The van der Waals surface area contributed by atoms with Crippen molar-refractivity contribution in [3.8, 4) is 11.4 Å². The van der Waals surface area contributed by atoms with Crippen molar-refractivity contribution in [1.82, 2.24) is 19.7 Å². The molecule has 148 valence electrons. The van der Waals surface area contributed by atoms with Crippen LogP contribution in [0.2, 0.25) is 0 Å². The van der Waals surface area contributed by atoms with Crippen LogP contribution in [0.15, 0.2) is 52.2 Å². The Morgan fingerprint density at radius 1 is 1.25 bits per heavy atom. The molecule has 0 radical (unpaired) electrons. The Bertz CT molecular complexity index is 924. The highest BCUT2D eigenvalue weighted by Gasteiger charge is 2.19. The van der Waals surface area contributed by atoms with E-state index in [1.54, 1.807) is 42.5 Å². The molecule has 28 heavy (non-hydrogen) atoms. The first-order chi connectivity index (χ1) is 13.5. The fourth-order valence-electron chi connectivity index (χ4n) is 2.73. The molecule has 1 amide bonds. The van der Waals surface area contributed by atoms with Crippen LogP contribution in [0.3, 0.4) is 0 Å². The number of aromatic nitrogens is 3. The quantitative estimate of drug-likeness (QED) is 0.531. The van der Waals surface area contributed by atoms with Crippen LogP contribution in [-0.4, -0.2) is 38.4 Å². The molecule has 3 rings (SSSR count). The maximum Gasteiger partial charge on any atom is 0.233 e. The molecule has 0 spiro atoms. The molecule has 1 aromatic carbocycles. The standard InChI is InChI=1S/C20H23FN4O2S/c1-14(2)11-25-19(16-8-4-5-9-17(16)21)22-23-20(25)28-13-18(26)24(3)12-15-7-6-10-27-15/h4-10,14H,11-13H2,1-3H3. The lowest BCUT2D eigenvalue weighted by molar-refractivity contribution is -0.127. The molecular formula is C20H23FN4O2S. The first-order valence-electron chi connectivity index (χ1n) is 9.03. The van der Waals surface area contributed by atoms with Gasteiger partial charge in [-0.2, -0.15) is 0 Å². The minimum atomic E-state index is -0.342. The van der Waals surface area contributed by atoms with Crippen molar-refractivity contribution in [2.24, 2.45) is 5.92 Å². The summed E-state index contributed by atoms with van der Waals surface area (Å²) in [5, 5.41) is 9.01. The van der Waals surface area contributed by atoms with E-state index in [-0.39, 0.29) is 17.5 Å². The van der Waals surface area contributed by atoms with E-state index in [2.05, 4.69) is 24.0 Å². The highest BCUT2D eigenvalue weighted by molar-refractivity contribution is 7.99. The van der Waals surface area contributed by atoms with E-state index in [0.717, 1.165) is 5.76 Å². The third kappa shape index (κ3) is 4.81. The number of rotatable bonds is 8. The van der Waals surface area contributed by atoms with E-state index in [9.17, 15) is 9.18 Å². The molecule has 0 aliphatic carbocycles. The Kier molecular flexibility index (Phi) is 6.51. The van der Waals surface area contributed by atoms with Crippen molar-refractivity contribution in [2.75, 3.05) is 12.8 Å². The monoisotopic (exact) mass is 402 g/mol. The average molecular weight is 402 g/mol. The zero-order valence-corrected chi connectivity index (χ0v) is 16.9. The molecule has 0 unspecified atom stereocenters. The van der Waals surface area contributed by atoms with Crippen LogP contribution >= 0.6 is 11.8 Å². The average Bonchev–Trinajstić information content (AvgIpc) is 3.30. The number of hydrogen-bond donors (Lipinski definition) is 0. The van der Waals surface area contributed by atoms with E-state index in [1.165, 1.54) is 17.8 Å². The van der Waals surface area contributed by atoms with Crippen LogP contribution in [0.4, 0.5) is 4.39 Å². The van der Waals surface area contributed by atoms with Gasteiger partial charge in [-0.1, -0.05) is 37.7 Å². The number of carbonyl (C=O) groups is 1. The number of furan rings is 1. The summed E-state index contributed by atoms with van der Waals surface area (Å²) in [7, 11) is 1.73. The normalized spacial score (nSPS) is 11.2. The zero-order chi connectivity index (χ0) is 20.1. The van der Waals surface area contributed by atoms with Crippen LogP contribution < -0.4 is 0 Å². The summed E-state index contributed by atoms with van der Waals surface area (Å²) in [6.45, 7) is 5.19. The maximum absolute atomic E-state index is 14.2. The highest BCUT2D eigenvalue weighted by atomic mass is 32.2. The van der Waals surface area contributed by atoms with Gasteiger partial charge in [-0.15, -0.1) is 10.2 Å². The van der Waals surface area contributed by atoms with Gasteiger partial charge in [0, 0.05) is 13.6 Å². The Balaban J connectivity index is 1.74. The van der Waals surface area contributed by atoms with Crippen LogP contribution in [-0.2, 0) is 17.9 Å². The number of benzene rings is 1. The number of amides is 1. The molecule has 2 heterocycles.